The third-order valence-corrected chi connectivity index (χ3v) is 2.59. The number of nitrogens with zero attached hydrogens (tertiary/aromatic N) is 4. The molecule has 0 amide bonds. The smallest absolute Gasteiger partial charge is 0.171 e. The van der Waals surface area contributed by atoms with Crippen molar-refractivity contribution in [3.8, 4) is 11.5 Å². The van der Waals surface area contributed by atoms with Gasteiger partial charge in [0.2, 0.25) is 0 Å². The van der Waals surface area contributed by atoms with Gasteiger partial charge in [-0.3, -0.25) is 0 Å². The number of aromatic nitrogens is 4. The highest BCUT2D eigenvalue weighted by molar-refractivity contribution is 6.99. The monoisotopic (exact) mass is 223 g/mol. The molecule has 0 radical (unpaired) electrons. The summed E-state index contributed by atoms with van der Waals surface area (Å²) in [6.45, 7) is 3.02. The molecule has 0 spiro atoms. The number of hydrogen-bond donors (Lipinski definition) is 1. The molecule has 0 bridgehead atoms. The second-order valence-corrected chi connectivity index (χ2v) is 3.78. The minimum atomic E-state index is 0.830. The highest BCUT2D eigenvalue weighted by Crippen LogP contribution is 2.23. The molecule has 6 heteroatoms. The van der Waals surface area contributed by atoms with Gasteiger partial charge in [0.15, 0.2) is 17.3 Å². The van der Waals surface area contributed by atoms with Crippen molar-refractivity contribution in [2.45, 2.75) is 13.3 Å². The Morgan fingerprint density at radius 2 is 2.33 bits per heavy atom. The van der Waals surface area contributed by atoms with Crippen LogP contribution in [0.1, 0.15) is 13.3 Å². The Kier molecular flexibility index (Phi) is 2.96. The van der Waals surface area contributed by atoms with E-state index in [9.17, 15) is 0 Å². The number of hydrogen-bond acceptors (Lipinski definition) is 5. The SMILES string of the molecule is CCCNc1nsnc1-c1nccn1C. The van der Waals surface area contributed by atoms with Crippen molar-refractivity contribution in [1.82, 2.24) is 18.3 Å². The lowest BCUT2D eigenvalue weighted by atomic mass is 10.4. The number of anilines is 1. The van der Waals surface area contributed by atoms with E-state index in [1.807, 2.05) is 17.8 Å². The summed E-state index contributed by atoms with van der Waals surface area (Å²) in [6, 6.07) is 0. The van der Waals surface area contributed by atoms with Crippen molar-refractivity contribution in [2.75, 3.05) is 11.9 Å². The third-order valence-electron chi connectivity index (χ3n) is 2.06. The molecule has 2 rings (SSSR count). The molecule has 0 aromatic carbocycles. The average molecular weight is 223 g/mol. The van der Waals surface area contributed by atoms with E-state index in [1.54, 1.807) is 6.20 Å². The van der Waals surface area contributed by atoms with Crippen LogP contribution in [0.4, 0.5) is 5.82 Å². The van der Waals surface area contributed by atoms with E-state index in [1.165, 1.54) is 11.7 Å². The summed E-state index contributed by atoms with van der Waals surface area (Å²) in [5, 5.41) is 3.24. The van der Waals surface area contributed by atoms with Gasteiger partial charge in [-0.15, -0.1) is 0 Å². The van der Waals surface area contributed by atoms with Crippen LogP contribution in [0.3, 0.4) is 0 Å². The number of nitrogens with one attached hydrogen (secondary N) is 1. The predicted octanol–water partition coefficient (Wildman–Crippen LogP) is 1.76. The van der Waals surface area contributed by atoms with Crippen molar-refractivity contribution < 1.29 is 0 Å². The van der Waals surface area contributed by atoms with Gasteiger partial charge in [-0.05, 0) is 6.42 Å². The van der Waals surface area contributed by atoms with Crippen LogP contribution in [0.25, 0.3) is 11.5 Å². The summed E-state index contributed by atoms with van der Waals surface area (Å²) in [4.78, 5) is 4.25. The summed E-state index contributed by atoms with van der Waals surface area (Å²) >= 11 is 1.21. The molecular formula is C9H13N5S. The van der Waals surface area contributed by atoms with Gasteiger partial charge < -0.3 is 9.88 Å². The van der Waals surface area contributed by atoms with Crippen LogP contribution in [0, 0.1) is 0 Å². The maximum Gasteiger partial charge on any atom is 0.171 e. The van der Waals surface area contributed by atoms with E-state index in [2.05, 4.69) is 26.0 Å². The van der Waals surface area contributed by atoms with Crippen LogP contribution in [-0.4, -0.2) is 24.8 Å². The van der Waals surface area contributed by atoms with Crippen molar-refractivity contribution >= 4 is 17.5 Å². The molecule has 2 aromatic heterocycles. The van der Waals surface area contributed by atoms with E-state index < -0.39 is 0 Å². The van der Waals surface area contributed by atoms with Gasteiger partial charge in [0, 0.05) is 26.0 Å². The molecule has 5 nitrogen and oxygen atoms in total. The molecule has 0 aliphatic heterocycles. The lowest BCUT2D eigenvalue weighted by molar-refractivity contribution is 0.918. The molecule has 0 atom stereocenters. The molecule has 0 saturated heterocycles. The largest absolute Gasteiger partial charge is 0.367 e. The van der Waals surface area contributed by atoms with Crippen LogP contribution in [0.5, 0.6) is 0 Å². The topological polar surface area (TPSA) is 55.6 Å². The molecule has 0 aliphatic rings. The fraction of sp³-hybridized carbons (Fsp3) is 0.444. The Hall–Kier alpha value is -1.43. The van der Waals surface area contributed by atoms with Gasteiger partial charge in [-0.1, -0.05) is 6.92 Å². The summed E-state index contributed by atoms with van der Waals surface area (Å²) in [6.07, 6.45) is 4.73. The van der Waals surface area contributed by atoms with E-state index in [0.29, 0.717) is 0 Å². The van der Waals surface area contributed by atoms with Crippen molar-refractivity contribution in [3.63, 3.8) is 0 Å². The van der Waals surface area contributed by atoms with E-state index in [-0.39, 0.29) is 0 Å². The predicted molar refractivity (Wildman–Crippen MR) is 60.9 cm³/mol. The molecular weight excluding hydrogens is 210 g/mol. The Labute approximate surface area is 92.5 Å². The second kappa shape index (κ2) is 4.39. The van der Waals surface area contributed by atoms with Crippen LogP contribution in [0.2, 0.25) is 0 Å². The maximum atomic E-state index is 4.26. The minimum absolute atomic E-state index is 0.830. The lowest BCUT2D eigenvalue weighted by Crippen LogP contribution is -2.02. The standard InChI is InChI=1S/C9H13N5S/c1-3-4-10-8-7(12-15-13-8)9-11-5-6-14(9)2/h5-6H,3-4H2,1-2H3,(H,10,13). The van der Waals surface area contributed by atoms with E-state index >= 15 is 0 Å². The first kappa shape index (κ1) is 10.1. The zero-order valence-electron chi connectivity index (χ0n) is 8.77. The van der Waals surface area contributed by atoms with E-state index in [4.69, 9.17) is 0 Å². The fourth-order valence-corrected chi connectivity index (χ4v) is 1.81. The van der Waals surface area contributed by atoms with Gasteiger partial charge in [-0.25, -0.2) is 4.98 Å². The van der Waals surface area contributed by atoms with Gasteiger partial charge in [0.25, 0.3) is 0 Å². The molecule has 0 aliphatic carbocycles. The Bertz CT molecular complexity index is 433. The normalized spacial score (nSPS) is 10.5. The van der Waals surface area contributed by atoms with Crippen LogP contribution < -0.4 is 5.32 Å². The number of rotatable bonds is 4. The first-order chi connectivity index (χ1) is 7.33. The molecule has 0 saturated carbocycles. The van der Waals surface area contributed by atoms with Gasteiger partial charge in [0.05, 0.1) is 11.7 Å². The summed E-state index contributed by atoms with van der Waals surface area (Å²) in [5.74, 6) is 1.68. The highest BCUT2D eigenvalue weighted by atomic mass is 32.1. The van der Waals surface area contributed by atoms with Crippen LogP contribution >= 0.6 is 11.7 Å². The molecule has 1 N–H and O–H groups in total. The summed E-state index contributed by atoms with van der Waals surface area (Å²) in [7, 11) is 1.95. The number of aryl methyl sites for hydroxylation is 1. The molecule has 2 aromatic rings. The second-order valence-electron chi connectivity index (χ2n) is 3.25. The van der Waals surface area contributed by atoms with Crippen molar-refractivity contribution in [2.24, 2.45) is 7.05 Å². The van der Waals surface area contributed by atoms with Gasteiger partial charge in [-0.2, -0.15) is 8.75 Å². The van der Waals surface area contributed by atoms with E-state index in [0.717, 1.165) is 30.3 Å². The number of imidazole rings is 1. The Balaban J connectivity index is 2.29. The zero-order chi connectivity index (χ0) is 10.7. The average Bonchev–Trinajstić information content (AvgIpc) is 2.82. The van der Waals surface area contributed by atoms with Crippen LogP contribution in [0.15, 0.2) is 12.4 Å². The zero-order valence-corrected chi connectivity index (χ0v) is 9.58. The van der Waals surface area contributed by atoms with Gasteiger partial charge >= 0.3 is 0 Å². The molecule has 2 heterocycles. The van der Waals surface area contributed by atoms with Crippen LogP contribution in [-0.2, 0) is 7.05 Å². The van der Waals surface area contributed by atoms with Gasteiger partial charge in [0.1, 0.15) is 0 Å². The first-order valence-corrected chi connectivity index (χ1v) is 5.60. The Morgan fingerprint density at radius 1 is 1.47 bits per heavy atom. The minimum Gasteiger partial charge on any atom is -0.367 e. The Morgan fingerprint density at radius 3 is 3.00 bits per heavy atom. The summed E-state index contributed by atoms with van der Waals surface area (Å²) in [5.41, 5.74) is 0.834. The molecule has 80 valence electrons. The first-order valence-electron chi connectivity index (χ1n) is 4.87. The maximum absolute atomic E-state index is 4.26. The summed E-state index contributed by atoms with van der Waals surface area (Å²) < 4.78 is 10.4. The molecule has 0 unspecified atom stereocenters. The highest BCUT2D eigenvalue weighted by Gasteiger charge is 2.13. The van der Waals surface area contributed by atoms with Crippen molar-refractivity contribution in [3.05, 3.63) is 12.4 Å². The molecule has 0 fully saturated rings. The quantitative estimate of drug-likeness (QED) is 0.858. The van der Waals surface area contributed by atoms with Crippen molar-refractivity contribution in [1.29, 1.82) is 0 Å². The lowest BCUT2D eigenvalue weighted by Gasteiger charge is -2.02. The molecule has 15 heavy (non-hydrogen) atoms. The fourth-order valence-electron chi connectivity index (χ4n) is 1.29. The third kappa shape index (κ3) is 1.99.